The van der Waals surface area contributed by atoms with Crippen molar-refractivity contribution in [2.24, 2.45) is 0 Å². The van der Waals surface area contributed by atoms with Gasteiger partial charge in [0.05, 0.1) is 8.41 Å². The fraction of sp³-hybridized carbons (Fsp3) is 0. The minimum atomic E-state index is 0. The van der Waals surface area contributed by atoms with Crippen LogP contribution in [0.25, 0.3) is 0 Å². The van der Waals surface area contributed by atoms with Crippen LogP contribution in [0.15, 0.2) is 0 Å². The maximum atomic E-state index is 0. The predicted molar refractivity (Wildman–Crippen MR) is 38.9 cm³/mol. The zero-order valence-corrected chi connectivity index (χ0v) is 6.96. The van der Waals surface area contributed by atoms with Crippen LogP contribution >= 0.6 is 49.6 Å². The molecular formula is H7BCl4Ti. The summed E-state index contributed by atoms with van der Waals surface area (Å²) in [5.41, 5.74) is 0. The first-order chi connectivity index (χ1) is 0. The summed E-state index contributed by atoms with van der Waals surface area (Å²) < 4.78 is 0. The Morgan fingerprint density at radius 1 is 0.500 bits per heavy atom. The van der Waals surface area contributed by atoms with Crippen LogP contribution in [0.1, 0.15) is 0 Å². The van der Waals surface area contributed by atoms with Crippen molar-refractivity contribution in [3.63, 3.8) is 0 Å². The second-order valence-electron chi connectivity index (χ2n) is 0. The normalized spacial score (nSPS) is 0. The maximum Gasteiger partial charge on any atom is 0.0814 e. The summed E-state index contributed by atoms with van der Waals surface area (Å²) in [4.78, 5) is 0. The molecule has 0 bridgehead atoms. The summed E-state index contributed by atoms with van der Waals surface area (Å²) in [6.45, 7) is 0. The Bertz CT molecular complexity index is 7.51. The Hall–Kier alpha value is 1.94. The molecule has 0 rings (SSSR count). The van der Waals surface area contributed by atoms with E-state index in [1.807, 2.05) is 0 Å². The fourth-order valence-electron chi connectivity index (χ4n) is 0. The third-order valence-corrected chi connectivity index (χ3v) is 0. The molecule has 0 aliphatic heterocycles. The Morgan fingerprint density at radius 3 is 0.500 bits per heavy atom. The molecular weight excluding hydrogens is 200 g/mol. The van der Waals surface area contributed by atoms with E-state index in [2.05, 4.69) is 0 Å². The van der Waals surface area contributed by atoms with Crippen LogP contribution in [-0.4, -0.2) is 8.41 Å². The summed E-state index contributed by atoms with van der Waals surface area (Å²) in [6.07, 6.45) is 0. The van der Waals surface area contributed by atoms with E-state index in [4.69, 9.17) is 0 Å². The van der Waals surface area contributed by atoms with Gasteiger partial charge in [-0.15, -0.1) is 49.6 Å². The van der Waals surface area contributed by atoms with E-state index in [9.17, 15) is 0 Å². The van der Waals surface area contributed by atoms with Crippen LogP contribution in [0.3, 0.4) is 0 Å². The number of hydrogen-bond acceptors (Lipinski definition) is 0. The molecule has 0 atom stereocenters. The van der Waals surface area contributed by atoms with Crippen molar-refractivity contribution < 1.29 is 21.7 Å². The monoisotopic (exact) mass is 206 g/mol. The van der Waals surface area contributed by atoms with Crippen molar-refractivity contribution >= 4 is 58.0 Å². The van der Waals surface area contributed by atoms with Gasteiger partial charge in [0.25, 0.3) is 0 Å². The summed E-state index contributed by atoms with van der Waals surface area (Å²) in [5, 5.41) is 0. The standard InChI is InChI=1S/BH3.4ClH.Ti/h1H3;4*1H;. The van der Waals surface area contributed by atoms with Gasteiger partial charge in [-0.3, -0.25) is 0 Å². The van der Waals surface area contributed by atoms with Gasteiger partial charge in [-0.2, -0.15) is 0 Å². The van der Waals surface area contributed by atoms with Gasteiger partial charge in [-0.25, -0.2) is 0 Å². The molecule has 0 saturated carbocycles. The molecule has 0 unspecified atom stereocenters. The molecule has 0 nitrogen and oxygen atoms in total. The summed E-state index contributed by atoms with van der Waals surface area (Å²) in [6, 6.07) is 0. The van der Waals surface area contributed by atoms with Crippen molar-refractivity contribution in [2.45, 2.75) is 0 Å². The van der Waals surface area contributed by atoms with E-state index in [-0.39, 0.29) is 79.8 Å². The zero-order chi connectivity index (χ0) is 0. The Morgan fingerprint density at radius 2 is 0.500 bits per heavy atom. The van der Waals surface area contributed by atoms with Crippen LogP contribution < -0.4 is 0 Å². The van der Waals surface area contributed by atoms with Gasteiger partial charge in [0.15, 0.2) is 0 Å². The second-order valence-corrected chi connectivity index (χ2v) is 0. The fourth-order valence-corrected chi connectivity index (χ4v) is 0. The zero-order valence-electron chi connectivity index (χ0n) is 2.13. The van der Waals surface area contributed by atoms with E-state index in [1.54, 1.807) is 0 Å². The molecule has 0 aromatic rings. The van der Waals surface area contributed by atoms with Crippen molar-refractivity contribution in [1.82, 2.24) is 0 Å². The molecule has 0 N–H and O–H groups in total. The molecule has 0 radical (unpaired) electrons. The van der Waals surface area contributed by atoms with Gasteiger partial charge in [0.2, 0.25) is 0 Å². The molecule has 0 heterocycles. The maximum absolute atomic E-state index is 0. The van der Waals surface area contributed by atoms with E-state index in [1.165, 1.54) is 0 Å². The van der Waals surface area contributed by atoms with Gasteiger partial charge in [0, 0.05) is 21.7 Å². The van der Waals surface area contributed by atoms with Crippen LogP contribution in [0.5, 0.6) is 0 Å². The van der Waals surface area contributed by atoms with Crippen molar-refractivity contribution in [2.75, 3.05) is 0 Å². The van der Waals surface area contributed by atoms with Crippen molar-refractivity contribution in [3.05, 3.63) is 0 Å². The van der Waals surface area contributed by atoms with Crippen LogP contribution in [-0.2, 0) is 21.7 Å². The molecule has 0 aliphatic rings. The third kappa shape index (κ3) is 38.5. The molecule has 0 amide bonds. The first-order valence-electron chi connectivity index (χ1n) is 0. The van der Waals surface area contributed by atoms with Gasteiger partial charge < -0.3 is 0 Å². The second kappa shape index (κ2) is 65.1. The molecule has 6 heteroatoms. The molecule has 6 heavy (non-hydrogen) atoms. The van der Waals surface area contributed by atoms with Gasteiger partial charge in [0.1, 0.15) is 0 Å². The van der Waals surface area contributed by atoms with E-state index < -0.39 is 0 Å². The van der Waals surface area contributed by atoms with Crippen LogP contribution in [0.2, 0.25) is 0 Å². The Kier molecular flexibility index (Phi) is 1100. The molecule has 0 aliphatic carbocycles. The van der Waals surface area contributed by atoms with Crippen molar-refractivity contribution in [1.29, 1.82) is 0 Å². The minimum absolute atomic E-state index is 0. The Balaban J connectivity index is 0. The van der Waals surface area contributed by atoms with Gasteiger partial charge in [-0.05, 0) is 0 Å². The predicted octanol–water partition coefficient (Wildman–Crippen LogP) is 0.501. The van der Waals surface area contributed by atoms with E-state index in [0.29, 0.717) is 0 Å². The molecule has 0 aromatic carbocycles. The van der Waals surface area contributed by atoms with Crippen molar-refractivity contribution in [3.8, 4) is 0 Å². The largest absolute Gasteiger partial charge is 0.147 e. The van der Waals surface area contributed by atoms with E-state index in [0.717, 1.165) is 0 Å². The number of halogens is 4. The average Bonchev–Trinajstić information content (AvgIpc) is 0. The third-order valence-electron chi connectivity index (χ3n) is 0. The summed E-state index contributed by atoms with van der Waals surface area (Å²) in [5.74, 6) is 0. The quantitative estimate of drug-likeness (QED) is 0.508. The molecule has 0 spiro atoms. The smallest absolute Gasteiger partial charge is 0.0814 e. The van der Waals surface area contributed by atoms with Crippen LogP contribution in [0.4, 0.5) is 0 Å². The molecule has 42 valence electrons. The van der Waals surface area contributed by atoms with Gasteiger partial charge >= 0.3 is 0 Å². The van der Waals surface area contributed by atoms with Gasteiger partial charge in [-0.1, -0.05) is 0 Å². The first kappa shape index (κ1) is 102. The first-order valence-corrected chi connectivity index (χ1v) is 0. The SMILES string of the molecule is B.Cl.Cl.Cl.Cl.[Ti]. The molecule has 0 saturated heterocycles. The van der Waals surface area contributed by atoms with Crippen LogP contribution in [0, 0.1) is 0 Å². The topological polar surface area (TPSA) is 0 Å². The number of hydrogen-bond donors (Lipinski definition) is 0. The van der Waals surface area contributed by atoms with E-state index >= 15 is 0 Å². The molecule has 0 fully saturated rings. The summed E-state index contributed by atoms with van der Waals surface area (Å²) >= 11 is 0. The minimum Gasteiger partial charge on any atom is -0.147 e. The number of rotatable bonds is 0. The average molecular weight is 208 g/mol. The summed E-state index contributed by atoms with van der Waals surface area (Å²) in [7, 11) is 0. The molecule has 0 aromatic heterocycles. The Labute approximate surface area is 79.3 Å².